The topological polar surface area (TPSA) is 66.5 Å². The zero-order valence-electron chi connectivity index (χ0n) is 16.9. The van der Waals surface area contributed by atoms with Gasteiger partial charge >= 0.3 is 6.03 Å². The van der Waals surface area contributed by atoms with Gasteiger partial charge in [0.2, 0.25) is 0 Å². The third-order valence-electron chi connectivity index (χ3n) is 5.48. The molecule has 2 heterocycles. The van der Waals surface area contributed by atoms with Gasteiger partial charge in [-0.3, -0.25) is 4.98 Å². The molecule has 29 heavy (non-hydrogen) atoms. The molecule has 0 bridgehead atoms. The maximum Gasteiger partial charge on any atom is 0.321 e. The molecule has 0 unspecified atom stereocenters. The van der Waals surface area contributed by atoms with Gasteiger partial charge in [-0.15, -0.1) is 0 Å². The summed E-state index contributed by atoms with van der Waals surface area (Å²) in [6.45, 7) is 3.90. The minimum atomic E-state index is -0.0519. The molecule has 2 amide bonds. The SMILES string of the molecule is O=C(Nc1ccc(CCCCOc2cccc(C3CC3)c2)nc1)N1CCNCC1. The maximum atomic E-state index is 12.2. The average molecular weight is 395 g/mol. The third kappa shape index (κ3) is 5.94. The number of carbonyl (C=O) groups excluding carboxylic acids is 1. The van der Waals surface area contributed by atoms with E-state index in [1.165, 1.54) is 18.4 Å². The second kappa shape index (κ2) is 9.74. The van der Waals surface area contributed by atoms with Crippen molar-refractivity contribution in [2.75, 3.05) is 38.1 Å². The summed E-state index contributed by atoms with van der Waals surface area (Å²) in [7, 11) is 0. The highest BCUT2D eigenvalue weighted by atomic mass is 16.5. The van der Waals surface area contributed by atoms with Gasteiger partial charge in [-0.05, 0) is 67.9 Å². The predicted octanol–water partition coefficient (Wildman–Crippen LogP) is 3.80. The number of nitrogens with one attached hydrogen (secondary N) is 2. The molecule has 0 atom stereocenters. The maximum absolute atomic E-state index is 12.2. The Morgan fingerprint density at radius 3 is 2.79 bits per heavy atom. The van der Waals surface area contributed by atoms with Crippen LogP contribution in [0.5, 0.6) is 5.75 Å². The quantitative estimate of drug-likeness (QED) is 0.669. The molecule has 1 aliphatic heterocycles. The van der Waals surface area contributed by atoms with E-state index < -0.39 is 0 Å². The Morgan fingerprint density at radius 1 is 1.17 bits per heavy atom. The Labute approximate surface area is 172 Å². The summed E-state index contributed by atoms with van der Waals surface area (Å²) in [6.07, 6.45) is 7.31. The van der Waals surface area contributed by atoms with Crippen LogP contribution in [0, 0.1) is 0 Å². The number of hydrogen-bond donors (Lipinski definition) is 2. The van der Waals surface area contributed by atoms with Gasteiger partial charge in [0, 0.05) is 31.9 Å². The van der Waals surface area contributed by atoms with Gasteiger partial charge in [0.15, 0.2) is 0 Å². The largest absolute Gasteiger partial charge is 0.494 e. The number of unbranched alkanes of at least 4 members (excludes halogenated alkanes) is 1. The molecule has 0 radical (unpaired) electrons. The number of ether oxygens (including phenoxy) is 1. The Morgan fingerprint density at radius 2 is 2.03 bits per heavy atom. The molecule has 1 aromatic heterocycles. The molecule has 2 fully saturated rings. The lowest BCUT2D eigenvalue weighted by molar-refractivity contribution is 0.204. The van der Waals surface area contributed by atoms with E-state index in [1.54, 1.807) is 6.20 Å². The van der Waals surface area contributed by atoms with E-state index in [0.717, 1.165) is 75.1 Å². The lowest BCUT2D eigenvalue weighted by Gasteiger charge is -2.27. The number of aromatic nitrogens is 1. The summed E-state index contributed by atoms with van der Waals surface area (Å²) < 4.78 is 5.91. The number of hydrogen-bond acceptors (Lipinski definition) is 4. The first-order chi connectivity index (χ1) is 14.3. The van der Waals surface area contributed by atoms with Gasteiger partial charge in [0.05, 0.1) is 18.5 Å². The van der Waals surface area contributed by atoms with Gasteiger partial charge in [-0.25, -0.2) is 4.79 Å². The number of carbonyl (C=O) groups is 1. The lowest BCUT2D eigenvalue weighted by Crippen LogP contribution is -2.48. The van der Waals surface area contributed by atoms with Gasteiger partial charge in [-0.1, -0.05) is 12.1 Å². The number of anilines is 1. The van der Waals surface area contributed by atoms with Crippen LogP contribution in [-0.4, -0.2) is 48.7 Å². The van der Waals surface area contributed by atoms with Crippen LogP contribution >= 0.6 is 0 Å². The van der Waals surface area contributed by atoms with Crippen LogP contribution < -0.4 is 15.4 Å². The van der Waals surface area contributed by atoms with Crippen LogP contribution in [0.3, 0.4) is 0 Å². The molecule has 0 spiro atoms. The molecule has 1 saturated carbocycles. The highest BCUT2D eigenvalue weighted by Crippen LogP contribution is 2.40. The van der Waals surface area contributed by atoms with Gasteiger partial charge in [0.25, 0.3) is 0 Å². The monoisotopic (exact) mass is 394 g/mol. The molecule has 1 aliphatic carbocycles. The Balaban J connectivity index is 1.15. The highest BCUT2D eigenvalue weighted by molar-refractivity contribution is 5.89. The standard InChI is InChI=1S/C23H30N4O2/c28-23(27-13-11-24-12-14-27)26-21-10-9-20(25-17-21)5-1-2-15-29-22-6-3-4-19(16-22)18-7-8-18/h3-4,6,9-10,16-18,24H,1-2,5,7-8,11-15H2,(H,26,28). The van der Waals surface area contributed by atoms with Crippen LogP contribution in [0.2, 0.25) is 0 Å². The number of pyridine rings is 1. The van der Waals surface area contributed by atoms with E-state index in [9.17, 15) is 4.79 Å². The van der Waals surface area contributed by atoms with E-state index in [2.05, 4.69) is 33.8 Å². The zero-order chi connectivity index (χ0) is 19.9. The van der Waals surface area contributed by atoms with Gasteiger partial charge < -0.3 is 20.3 Å². The first kappa shape index (κ1) is 19.7. The van der Waals surface area contributed by atoms with Gasteiger partial charge in [0.1, 0.15) is 5.75 Å². The highest BCUT2D eigenvalue weighted by Gasteiger charge is 2.23. The summed E-state index contributed by atoms with van der Waals surface area (Å²) in [5, 5.41) is 6.17. The van der Waals surface area contributed by atoms with E-state index in [-0.39, 0.29) is 6.03 Å². The van der Waals surface area contributed by atoms with Crippen molar-refractivity contribution in [3.8, 4) is 5.75 Å². The van der Waals surface area contributed by atoms with E-state index in [4.69, 9.17) is 4.74 Å². The normalized spacial score (nSPS) is 16.5. The minimum absolute atomic E-state index is 0.0519. The van der Waals surface area contributed by atoms with Crippen molar-refractivity contribution in [1.29, 1.82) is 0 Å². The number of nitrogens with zero attached hydrogens (tertiary/aromatic N) is 2. The molecule has 1 saturated heterocycles. The number of amides is 2. The van der Waals surface area contributed by atoms with E-state index >= 15 is 0 Å². The second-order valence-electron chi connectivity index (χ2n) is 7.86. The fourth-order valence-corrected chi connectivity index (χ4v) is 3.59. The Bertz CT molecular complexity index is 799. The fraction of sp³-hybridized carbons (Fsp3) is 0.478. The molecular weight excluding hydrogens is 364 g/mol. The predicted molar refractivity (Wildman–Crippen MR) is 115 cm³/mol. The Hall–Kier alpha value is -2.60. The number of rotatable bonds is 8. The molecule has 6 heteroatoms. The van der Waals surface area contributed by atoms with E-state index in [0.29, 0.717) is 0 Å². The molecule has 1 aromatic carbocycles. The molecule has 6 nitrogen and oxygen atoms in total. The summed E-state index contributed by atoms with van der Waals surface area (Å²) in [5.41, 5.74) is 3.20. The first-order valence-corrected chi connectivity index (χ1v) is 10.7. The number of aryl methyl sites for hydroxylation is 1. The van der Waals surface area contributed by atoms with Crippen LogP contribution in [-0.2, 0) is 6.42 Å². The second-order valence-corrected chi connectivity index (χ2v) is 7.86. The van der Waals surface area contributed by atoms with Crippen LogP contribution in [0.25, 0.3) is 0 Å². The minimum Gasteiger partial charge on any atom is -0.494 e. The Kier molecular flexibility index (Phi) is 6.62. The average Bonchev–Trinajstić information content (AvgIpc) is 3.61. The number of urea groups is 1. The molecule has 2 aliphatic rings. The summed E-state index contributed by atoms with van der Waals surface area (Å²) >= 11 is 0. The fourth-order valence-electron chi connectivity index (χ4n) is 3.59. The zero-order valence-corrected chi connectivity index (χ0v) is 16.9. The van der Waals surface area contributed by atoms with Crippen LogP contribution in [0.4, 0.5) is 10.5 Å². The third-order valence-corrected chi connectivity index (χ3v) is 5.48. The molecule has 154 valence electrons. The first-order valence-electron chi connectivity index (χ1n) is 10.7. The van der Waals surface area contributed by atoms with Crippen molar-refractivity contribution in [3.05, 3.63) is 53.9 Å². The van der Waals surface area contributed by atoms with Crippen molar-refractivity contribution >= 4 is 11.7 Å². The molecule has 4 rings (SSSR count). The van der Waals surface area contributed by atoms with Crippen molar-refractivity contribution in [2.24, 2.45) is 0 Å². The number of benzene rings is 1. The molecule has 2 aromatic rings. The molecule has 2 N–H and O–H groups in total. The lowest BCUT2D eigenvalue weighted by atomic mass is 10.1. The summed E-state index contributed by atoms with van der Waals surface area (Å²) in [5.74, 6) is 1.74. The smallest absolute Gasteiger partial charge is 0.321 e. The van der Waals surface area contributed by atoms with Crippen molar-refractivity contribution in [2.45, 2.75) is 38.0 Å². The molecular formula is C23H30N4O2. The van der Waals surface area contributed by atoms with Crippen molar-refractivity contribution in [3.63, 3.8) is 0 Å². The summed E-state index contributed by atoms with van der Waals surface area (Å²) in [6, 6.07) is 12.4. The van der Waals surface area contributed by atoms with Crippen LogP contribution in [0.1, 0.15) is 42.9 Å². The van der Waals surface area contributed by atoms with Crippen molar-refractivity contribution < 1.29 is 9.53 Å². The number of piperazine rings is 1. The van der Waals surface area contributed by atoms with Gasteiger partial charge in [-0.2, -0.15) is 0 Å². The van der Waals surface area contributed by atoms with Crippen molar-refractivity contribution in [1.82, 2.24) is 15.2 Å². The van der Waals surface area contributed by atoms with Crippen LogP contribution in [0.15, 0.2) is 42.6 Å². The van der Waals surface area contributed by atoms with E-state index in [1.807, 2.05) is 23.1 Å². The summed E-state index contributed by atoms with van der Waals surface area (Å²) in [4.78, 5) is 18.5.